The number of nitrogens with one attached hydrogen (secondary N) is 2. The molecule has 1 heterocycles. The summed E-state index contributed by atoms with van der Waals surface area (Å²) in [6.45, 7) is 4.77. The molecule has 5 nitrogen and oxygen atoms in total. The van der Waals surface area contributed by atoms with Crippen molar-refractivity contribution >= 4 is 23.2 Å². The smallest absolute Gasteiger partial charge is 0.255 e. The Morgan fingerprint density at radius 3 is 2.37 bits per heavy atom. The van der Waals surface area contributed by atoms with E-state index in [1.165, 1.54) is 0 Å². The molecule has 1 fully saturated rings. The van der Waals surface area contributed by atoms with Gasteiger partial charge >= 0.3 is 0 Å². The molecule has 0 aliphatic carbocycles. The Morgan fingerprint density at radius 1 is 1.04 bits per heavy atom. The first kappa shape index (κ1) is 19.1. The van der Waals surface area contributed by atoms with Crippen LogP contribution in [-0.2, 0) is 22.4 Å². The van der Waals surface area contributed by atoms with Crippen LogP contribution in [0.15, 0.2) is 42.5 Å². The molecule has 1 atom stereocenters. The van der Waals surface area contributed by atoms with Gasteiger partial charge in [0.25, 0.3) is 11.8 Å². The van der Waals surface area contributed by atoms with Gasteiger partial charge in [-0.05, 0) is 55.0 Å². The van der Waals surface area contributed by atoms with Crippen LogP contribution in [0.5, 0.6) is 0 Å². The van der Waals surface area contributed by atoms with Gasteiger partial charge < -0.3 is 15.4 Å². The number of aryl methyl sites for hydroxylation is 2. The fourth-order valence-electron chi connectivity index (χ4n) is 3.33. The van der Waals surface area contributed by atoms with Crippen molar-refractivity contribution in [3.05, 3.63) is 59.2 Å². The van der Waals surface area contributed by atoms with Gasteiger partial charge in [-0.15, -0.1) is 0 Å². The Balaban J connectivity index is 1.75. The van der Waals surface area contributed by atoms with E-state index in [4.69, 9.17) is 4.74 Å². The van der Waals surface area contributed by atoms with Crippen molar-refractivity contribution in [1.29, 1.82) is 0 Å². The predicted molar refractivity (Wildman–Crippen MR) is 107 cm³/mol. The molecule has 2 aromatic carbocycles. The molecule has 2 aromatic rings. The van der Waals surface area contributed by atoms with Crippen molar-refractivity contribution < 1.29 is 14.3 Å². The first-order valence-electron chi connectivity index (χ1n) is 9.57. The van der Waals surface area contributed by atoms with Crippen LogP contribution in [-0.4, -0.2) is 24.5 Å². The van der Waals surface area contributed by atoms with E-state index in [0.717, 1.165) is 42.5 Å². The van der Waals surface area contributed by atoms with Crippen molar-refractivity contribution in [2.75, 3.05) is 17.2 Å². The Labute approximate surface area is 160 Å². The zero-order valence-corrected chi connectivity index (χ0v) is 15.9. The van der Waals surface area contributed by atoms with E-state index in [0.29, 0.717) is 17.9 Å². The number of para-hydroxylation sites is 1. The summed E-state index contributed by atoms with van der Waals surface area (Å²) in [6, 6.07) is 13.1. The standard InChI is InChI=1S/C22H26N2O3/c1-3-15-8-5-9-16(4-2)20(15)24-21(25)17-10-6-11-18(14-17)23-22(26)19-12-7-13-27-19/h5-6,8-11,14,19H,3-4,7,12-13H2,1-2H3,(H,23,26)(H,24,25). The minimum Gasteiger partial charge on any atom is -0.368 e. The van der Waals surface area contributed by atoms with E-state index in [1.807, 2.05) is 18.2 Å². The molecule has 1 aliphatic rings. The highest BCUT2D eigenvalue weighted by Gasteiger charge is 2.23. The van der Waals surface area contributed by atoms with Crippen LogP contribution in [0.2, 0.25) is 0 Å². The first-order chi connectivity index (χ1) is 13.1. The predicted octanol–water partition coefficient (Wildman–Crippen LogP) is 4.18. The number of amides is 2. The number of ether oxygens (including phenoxy) is 1. The van der Waals surface area contributed by atoms with Crippen molar-refractivity contribution in [2.24, 2.45) is 0 Å². The fraction of sp³-hybridized carbons (Fsp3) is 0.364. The van der Waals surface area contributed by atoms with Gasteiger partial charge in [0, 0.05) is 23.5 Å². The Kier molecular flexibility index (Phi) is 6.24. The molecule has 1 aliphatic heterocycles. The molecule has 3 rings (SSSR count). The second kappa shape index (κ2) is 8.82. The summed E-state index contributed by atoms with van der Waals surface area (Å²) in [5.74, 6) is -0.339. The van der Waals surface area contributed by atoms with Crippen LogP contribution in [0.1, 0.15) is 48.2 Å². The average Bonchev–Trinajstić information content (AvgIpc) is 3.23. The molecule has 2 amide bonds. The van der Waals surface area contributed by atoms with Crippen LogP contribution >= 0.6 is 0 Å². The molecular weight excluding hydrogens is 340 g/mol. The highest BCUT2D eigenvalue weighted by Crippen LogP contribution is 2.24. The van der Waals surface area contributed by atoms with E-state index >= 15 is 0 Å². The maximum atomic E-state index is 12.8. The van der Waals surface area contributed by atoms with Crippen LogP contribution in [0.3, 0.4) is 0 Å². The van der Waals surface area contributed by atoms with Crippen molar-refractivity contribution in [3.63, 3.8) is 0 Å². The molecule has 5 heteroatoms. The maximum Gasteiger partial charge on any atom is 0.255 e. The molecule has 0 saturated carbocycles. The first-order valence-corrected chi connectivity index (χ1v) is 9.57. The lowest BCUT2D eigenvalue weighted by Crippen LogP contribution is -2.27. The molecule has 27 heavy (non-hydrogen) atoms. The Hall–Kier alpha value is -2.66. The van der Waals surface area contributed by atoms with Gasteiger partial charge in [-0.25, -0.2) is 0 Å². The van der Waals surface area contributed by atoms with Gasteiger partial charge in [0.2, 0.25) is 0 Å². The van der Waals surface area contributed by atoms with Crippen LogP contribution in [0.4, 0.5) is 11.4 Å². The van der Waals surface area contributed by atoms with E-state index in [2.05, 4.69) is 24.5 Å². The van der Waals surface area contributed by atoms with E-state index < -0.39 is 6.10 Å². The molecule has 1 saturated heterocycles. The van der Waals surface area contributed by atoms with Crippen LogP contribution < -0.4 is 10.6 Å². The van der Waals surface area contributed by atoms with Crippen molar-refractivity contribution in [3.8, 4) is 0 Å². The Morgan fingerprint density at radius 2 is 1.74 bits per heavy atom. The minimum atomic E-state index is -0.397. The number of anilines is 2. The van der Waals surface area contributed by atoms with Gasteiger partial charge in [0.05, 0.1) is 0 Å². The average molecular weight is 366 g/mol. The summed E-state index contributed by atoms with van der Waals surface area (Å²) in [7, 11) is 0. The molecule has 1 unspecified atom stereocenters. The van der Waals surface area contributed by atoms with Crippen LogP contribution in [0, 0.1) is 0 Å². The summed E-state index contributed by atoms with van der Waals surface area (Å²) in [5.41, 5.74) is 4.23. The van der Waals surface area contributed by atoms with Crippen LogP contribution in [0.25, 0.3) is 0 Å². The quantitative estimate of drug-likeness (QED) is 0.806. The van der Waals surface area contributed by atoms with E-state index in [1.54, 1.807) is 24.3 Å². The molecule has 0 radical (unpaired) electrons. The molecular formula is C22H26N2O3. The monoisotopic (exact) mass is 366 g/mol. The zero-order valence-electron chi connectivity index (χ0n) is 15.9. The number of benzene rings is 2. The summed E-state index contributed by atoms with van der Waals surface area (Å²) >= 11 is 0. The van der Waals surface area contributed by atoms with Gasteiger partial charge in [-0.1, -0.05) is 38.1 Å². The lowest BCUT2D eigenvalue weighted by Gasteiger charge is -2.15. The minimum absolute atomic E-state index is 0.158. The number of carbonyl (C=O) groups excluding carboxylic acids is 2. The lowest BCUT2D eigenvalue weighted by molar-refractivity contribution is -0.124. The summed E-state index contributed by atoms with van der Waals surface area (Å²) < 4.78 is 5.40. The van der Waals surface area contributed by atoms with Crippen molar-refractivity contribution in [1.82, 2.24) is 0 Å². The van der Waals surface area contributed by atoms with E-state index in [9.17, 15) is 9.59 Å². The molecule has 0 bridgehead atoms. The third-order valence-electron chi connectivity index (χ3n) is 4.85. The normalized spacial score (nSPS) is 16.1. The van der Waals surface area contributed by atoms with E-state index in [-0.39, 0.29) is 11.8 Å². The lowest BCUT2D eigenvalue weighted by atomic mass is 10.0. The third-order valence-corrected chi connectivity index (χ3v) is 4.85. The summed E-state index contributed by atoms with van der Waals surface area (Å²) in [4.78, 5) is 25.0. The van der Waals surface area contributed by atoms with Crippen molar-refractivity contribution in [2.45, 2.75) is 45.6 Å². The number of carbonyl (C=O) groups is 2. The highest BCUT2D eigenvalue weighted by molar-refractivity contribution is 6.06. The maximum absolute atomic E-state index is 12.8. The largest absolute Gasteiger partial charge is 0.368 e. The SMILES string of the molecule is CCc1cccc(CC)c1NC(=O)c1cccc(NC(=O)C2CCCO2)c1. The molecule has 142 valence electrons. The highest BCUT2D eigenvalue weighted by atomic mass is 16.5. The number of hydrogen-bond donors (Lipinski definition) is 2. The second-order valence-corrected chi connectivity index (χ2v) is 6.68. The molecule has 0 spiro atoms. The number of hydrogen-bond acceptors (Lipinski definition) is 3. The van der Waals surface area contributed by atoms with Gasteiger partial charge in [-0.3, -0.25) is 9.59 Å². The van der Waals surface area contributed by atoms with Gasteiger partial charge in [-0.2, -0.15) is 0 Å². The topological polar surface area (TPSA) is 67.4 Å². The Bertz CT molecular complexity index is 804. The summed E-state index contributed by atoms with van der Waals surface area (Å²) in [6.07, 6.45) is 2.93. The zero-order chi connectivity index (χ0) is 19.2. The summed E-state index contributed by atoms with van der Waals surface area (Å²) in [5, 5.41) is 5.90. The molecule has 2 N–H and O–H groups in total. The molecule has 0 aromatic heterocycles. The second-order valence-electron chi connectivity index (χ2n) is 6.68. The fourth-order valence-corrected chi connectivity index (χ4v) is 3.33. The third kappa shape index (κ3) is 4.55. The van der Waals surface area contributed by atoms with Gasteiger partial charge in [0.1, 0.15) is 6.10 Å². The van der Waals surface area contributed by atoms with Gasteiger partial charge in [0.15, 0.2) is 0 Å². The number of rotatable bonds is 6.